The van der Waals surface area contributed by atoms with Gasteiger partial charge in [0.05, 0.1) is 16.7 Å². The van der Waals surface area contributed by atoms with E-state index in [1.165, 1.54) is 30.3 Å². The minimum atomic E-state index is -4.60. The molecule has 1 fully saturated rings. The third kappa shape index (κ3) is 4.93. The largest absolute Gasteiger partial charge is 0.417 e. The smallest absolute Gasteiger partial charge is 0.352 e. The number of halogens is 4. The Kier molecular flexibility index (Phi) is 6.20. The number of carbonyl (C=O) groups excluding carboxylic acids is 2. The van der Waals surface area contributed by atoms with Crippen LogP contribution in [0.3, 0.4) is 0 Å². The van der Waals surface area contributed by atoms with E-state index in [0.29, 0.717) is 25.9 Å². The van der Waals surface area contributed by atoms with Gasteiger partial charge in [-0.25, -0.2) is 4.39 Å². The number of piperidine rings is 1. The maximum absolute atomic E-state index is 13.8. The molecule has 1 saturated heterocycles. The first-order chi connectivity index (χ1) is 13.8. The van der Waals surface area contributed by atoms with Crippen LogP contribution in [-0.4, -0.2) is 36.3 Å². The molecule has 2 aromatic rings. The molecule has 0 atom stereocenters. The van der Waals surface area contributed by atoms with Crippen molar-refractivity contribution in [1.82, 2.24) is 10.2 Å². The van der Waals surface area contributed by atoms with Crippen molar-refractivity contribution in [3.05, 3.63) is 71.0 Å². The van der Waals surface area contributed by atoms with E-state index in [0.717, 1.165) is 12.1 Å². The lowest BCUT2D eigenvalue weighted by molar-refractivity contribution is -0.137. The first-order valence-electron chi connectivity index (χ1n) is 9.25. The van der Waals surface area contributed by atoms with Crippen LogP contribution < -0.4 is 5.32 Å². The van der Waals surface area contributed by atoms with E-state index in [1.54, 1.807) is 11.0 Å². The zero-order chi connectivity index (χ0) is 21.0. The molecule has 8 heteroatoms. The van der Waals surface area contributed by atoms with Crippen LogP contribution >= 0.6 is 0 Å². The third-order valence-corrected chi connectivity index (χ3v) is 5.03. The Morgan fingerprint density at radius 3 is 2.17 bits per heavy atom. The number of nitrogens with zero attached hydrogens (tertiary/aromatic N) is 1. The second kappa shape index (κ2) is 8.63. The molecular weight excluding hydrogens is 388 g/mol. The topological polar surface area (TPSA) is 49.4 Å². The Hall–Kier alpha value is -2.90. The van der Waals surface area contributed by atoms with Crippen LogP contribution in [0.2, 0.25) is 0 Å². The second-order valence-electron chi connectivity index (χ2n) is 6.97. The number of carbonyl (C=O) groups is 2. The Bertz CT molecular complexity index is 890. The quantitative estimate of drug-likeness (QED) is 0.774. The highest BCUT2D eigenvalue weighted by Gasteiger charge is 2.35. The van der Waals surface area contributed by atoms with Gasteiger partial charge in [-0.2, -0.15) is 13.2 Å². The van der Waals surface area contributed by atoms with Gasteiger partial charge in [-0.15, -0.1) is 0 Å². The monoisotopic (exact) mass is 408 g/mol. The molecule has 1 N–H and O–H groups in total. The van der Waals surface area contributed by atoms with Crippen molar-refractivity contribution < 1.29 is 27.2 Å². The lowest BCUT2D eigenvalue weighted by Crippen LogP contribution is -2.42. The standard InChI is InChI=1S/C21H20F4N2O2/c22-18-8-4-2-6-16(18)20(29)27-11-9-14(10-12-27)13-26-19(28)15-5-1-3-7-17(15)21(23,24)25/h1-8,14H,9-13H2,(H,26,28). The summed E-state index contributed by atoms with van der Waals surface area (Å²) in [6.07, 6.45) is -3.46. The Balaban J connectivity index is 1.54. The summed E-state index contributed by atoms with van der Waals surface area (Å²) < 4.78 is 52.9. The van der Waals surface area contributed by atoms with Gasteiger partial charge in [0.15, 0.2) is 0 Å². The number of hydrogen-bond acceptors (Lipinski definition) is 2. The van der Waals surface area contributed by atoms with Crippen molar-refractivity contribution in [2.24, 2.45) is 5.92 Å². The fourth-order valence-electron chi connectivity index (χ4n) is 3.41. The molecule has 0 spiro atoms. The number of benzene rings is 2. The minimum Gasteiger partial charge on any atom is -0.352 e. The molecule has 29 heavy (non-hydrogen) atoms. The maximum atomic E-state index is 13.8. The molecule has 1 aliphatic rings. The lowest BCUT2D eigenvalue weighted by Gasteiger charge is -2.32. The highest BCUT2D eigenvalue weighted by molar-refractivity contribution is 5.96. The van der Waals surface area contributed by atoms with E-state index in [9.17, 15) is 27.2 Å². The average Bonchev–Trinajstić information content (AvgIpc) is 2.71. The summed E-state index contributed by atoms with van der Waals surface area (Å²) >= 11 is 0. The first-order valence-corrected chi connectivity index (χ1v) is 9.25. The van der Waals surface area contributed by atoms with Crippen molar-refractivity contribution in [2.45, 2.75) is 19.0 Å². The van der Waals surface area contributed by atoms with Gasteiger partial charge in [0.25, 0.3) is 11.8 Å². The SMILES string of the molecule is O=C(NCC1CCN(C(=O)c2ccccc2F)CC1)c1ccccc1C(F)(F)F. The number of hydrogen-bond donors (Lipinski definition) is 1. The maximum Gasteiger partial charge on any atom is 0.417 e. The van der Waals surface area contributed by atoms with Crippen LogP contribution in [0.15, 0.2) is 48.5 Å². The first kappa shape index (κ1) is 20.8. The molecule has 1 heterocycles. The molecule has 3 rings (SSSR count). The molecule has 2 amide bonds. The zero-order valence-electron chi connectivity index (χ0n) is 15.5. The van der Waals surface area contributed by atoms with Crippen LogP contribution in [0.25, 0.3) is 0 Å². The molecule has 0 aliphatic carbocycles. The lowest BCUT2D eigenvalue weighted by atomic mass is 9.96. The fraction of sp³-hybridized carbons (Fsp3) is 0.333. The van der Waals surface area contributed by atoms with Crippen molar-refractivity contribution >= 4 is 11.8 Å². The van der Waals surface area contributed by atoms with Crippen LogP contribution in [0, 0.1) is 11.7 Å². The summed E-state index contributed by atoms with van der Waals surface area (Å²) in [7, 11) is 0. The number of alkyl halides is 3. The van der Waals surface area contributed by atoms with Crippen molar-refractivity contribution in [1.29, 1.82) is 0 Å². The van der Waals surface area contributed by atoms with Crippen LogP contribution in [0.5, 0.6) is 0 Å². The predicted octanol–water partition coefficient (Wildman–Crippen LogP) is 4.13. The Morgan fingerprint density at radius 1 is 0.966 bits per heavy atom. The van der Waals surface area contributed by atoms with Gasteiger partial charge < -0.3 is 10.2 Å². The van der Waals surface area contributed by atoms with E-state index in [1.807, 2.05) is 0 Å². The Labute approximate surface area is 165 Å². The van der Waals surface area contributed by atoms with Gasteiger partial charge in [-0.05, 0) is 43.0 Å². The van der Waals surface area contributed by atoms with Crippen LogP contribution in [-0.2, 0) is 6.18 Å². The molecule has 0 saturated carbocycles. The highest BCUT2D eigenvalue weighted by atomic mass is 19.4. The van der Waals surface area contributed by atoms with Crippen molar-refractivity contribution in [3.63, 3.8) is 0 Å². The predicted molar refractivity (Wildman–Crippen MR) is 98.8 cm³/mol. The van der Waals surface area contributed by atoms with E-state index in [2.05, 4.69) is 5.32 Å². The molecule has 0 radical (unpaired) electrons. The number of rotatable bonds is 4. The highest BCUT2D eigenvalue weighted by Crippen LogP contribution is 2.31. The number of amides is 2. The normalized spacial score (nSPS) is 15.2. The average molecular weight is 408 g/mol. The summed E-state index contributed by atoms with van der Waals surface area (Å²) in [5, 5.41) is 2.56. The number of likely N-dealkylation sites (tertiary alicyclic amines) is 1. The van der Waals surface area contributed by atoms with E-state index in [4.69, 9.17) is 0 Å². The summed E-state index contributed by atoms with van der Waals surface area (Å²) in [5.41, 5.74) is -1.36. The van der Waals surface area contributed by atoms with E-state index >= 15 is 0 Å². The second-order valence-corrected chi connectivity index (χ2v) is 6.97. The van der Waals surface area contributed by atoms with Crippen molar-refractivity contribution in [3.8, 4) is 0 Å². The van der Waals surface area contributed by atoms with Gasteiger partial charge >= 0.3 is 6.18 Å². The molecule has 2 aromatic carbocycles. The molecule has 154 valence electrons. The summed E-state index contributed by atoms with van der Waals surface area (Å²) in [5.74, 6) is -1.70. The van der Waals surface area contributed by atoms with Crippen LogP contribution in [0.1, 0.15) is 39.1 Å². The van der Waals surface area contributed by atoms with E-state index < -0.39 is 29.0 Å². The molecule has 4 nitrogen and oxygen atoms in total. The van der Waals surface area contributed by atoms with Gasteiger partial charge in [0.2, 0.25) is 0 Å². The molecule has 0 bridgehead atoms. The van der Waals surface area contributed by atoms with Gasteiger partial charge in [-0.3, -0.25) is 9.59 Å². The summed E-state index contributed by atoms with van der Waals surface area (Å²) in [4.78, 5) is 26.2. The fourth-order valence-corrected chi connectivity index (χ4v) is 3.41. The molecular formula is C21H20F4N2O2. The summed E-state index contributed by atoms with van der Waals surface area (Å²) in [6, 6.07) is 10.4. The minimum absolute atomic E-state index is 0.0167. The third-order valence-electron chi connectivity index (χ3n) is 5.03. The van der Waals surface area contributed by atoms with Gasteiger partial charge in [0.1, 0.15) is 5.82 Å². The molecule has 0 unspecified atom stereocenters. The molecule has 0 aromatic heterocycles. The van der Waals surface area contributed by atoms with Crippen LogP contribution in [0.4, 0.5) is 17.6 Å². The van der Waals surface area contributed by atoms with E-state index in [-0.39, 0.29) is 23.9 Å². The zero-order valence-corrected chi connectivity index (χ0v) is 15.5. The van der Waals surface area contributed by atoms with Gasteiger partial charge in [-0.1, -0.05) is 24.3 Å². The summed E-state index contributed by atoms with van der Waals surface area (Å²) in [6.45, 7) is 1.01. The van der Waals surface area contributed by atoms with Crippen molar-refractivity contribution in [2.75, 3.05) is 19.6 Å². The number of nitrogens with one attached hydrogen (secondary N) is 1. The molecule has 1 aliphatic heterocycles. The Morgan fingerprint density at radius 2 is 1.55 bits per heavy atom. The van der Waals surface area contributed by atoms with Gasteiger partial charge in [0, 0.05) is 19.6 Å².